The molecule has 1 aromatic carbocycles. The molecule has 1 aromatic heterocycles. The summed E-state index contributed by atoms with van der Waals surface area (Å²) in [6, 6.07) is 11.4. The fourth-order valence-corrected chi connectivity index (χ4v) is 4.40. The van der Waals surface area contributed by atoms with Gasteiger partial charge < -0.3 is 4.42 Å². The number of nitrogens with one attached hydrogen (secondary N) is 1. The van der Waals surface area contributed by atoms with Gasteiger partial charge >= 0.3 is 0 Å². The van der Waals surface area contributed by atoms with E-state index in [0.29, 0.717) is 21.9 Å². The highest BCUT2D eigenvalue weighted by Gasteiger charge is 2.37. The summed E-state index contributed by atoms with van der Waals surface area (Å²) in [5.41, 5.74) is 1.11. The Labute approximate surface area is 172 Å². The molecule has 0 bridgehead atoms. The Morgan fingerprint density at radius 2 is 2.07 bits per heavy atom. The van der Waals surface area contributed by atoms with Crippen LogP contribution in [0.3, 0.4) is 0 Å². The zero-order valence-corrected chi connectivity index (χ0v) is 17.3. The number of furan rings is 1. The van der Waals surface area contributed by atoms with Crippen LogP contribution in [0.1, 0.15) is 12.7 Å². The summed E-state index contributed by atoms with van der Waals surface area (Å²) >= 11 is 6.04. The predicted octanol–water partition coefficient (Wildman–Crippen LogP) is 5.04. The second-order valence-electron chi connectivity index (χ2n) is 5.55. The normalized spacial score (nSPS) is 18.0. The molecule has 0 saturated carbocycles. The number of carbonyl (C=O) groups is 1. The minimum Gasteiger partial charge on any atom is -0.457 e. The van der Waals surface area contributed by atoms with Crippen LogP contribution in [0.25, 0.3) is 17.4 Å². The highest BCUT2D eigenvalue weighted by atomic mass is 79.9. The van der Waals surface area contributed by atoms with Crippen molar-refractivity contribution in [2.24, 2.45) is 9.39 Å². The minimum atomic E-state index is -0.460. The van der Waals surface area contributed by atoms with Crippen molar-refractivity contribution in [2.75, 3.05) is 5.75 Å². The van der Waals surface area contributed by atoms with Gasteiger partial charge in [-0.25, -0.2) is 4.90 Å². The van der Waals surface area contributed by atoms with Gasteiger partial charge in [-0.15, -0.1) is 0 Å². The van der Waals surface area contributed by atoms with E-state index in [2.05, 4.69) is 25.3 Å². The van der Waals surface area contributed by atoms with E-state index in [9.17, 15) is 4.79 Å². The molecular formula is C18H13BrN4O2S2. The lowest BCUT2D eigenvalue weighted by Crippen LogP contribution is -2.41. The molecule has 0 unspecified atom stereocenters. The van der Waals surface area contributed by atoms with Crippen molar-refractivity contribution in [3.63, 3.8) is 0 Å². The highest BCUT2D eigenvalue weighted by Crippen LogP contribution is 2.32. The van der Waals surface area contributed by atoms with E-state index in [1.807, 2.05) is 37.3 Å². The van der Waals surface area contributed by atoms with Gasteiger partial charge in [-0.1, -0.05) is 46.7 Å². The maximum absolute atomic E-state index is 12.4. The van der Waals surface area contributed by atoms with Gasteiger partial charge in [0.05, 0.1) is 17.5 Å². The predicted molar refractivity (Wildman–Crippen MR) is 115 cm³/mol. The van der Waals surface area contributed by atoms with E-state index in [1.165, 1.54) is 11.8 Å². The fourth-order valence-electron chi connectivity index (χ4n) is 2.57. The lowest BCUT2D eigenvalue weighted by molar-refractivity contribution is -0.114. The number of amidine groups is 3. The molecule has 27 heavy (non-hydrogen) atoms. The molecule has 0 spiro atoms. The lowest BCUT2D eigenvalue weighted by atomic mass is 10.1. The summed E-state index contributed by atoms with van der Waals surface area (Å²) in [6.07, 6.45) is 1.56. The smallest absolute Gasteiger partial charge is 0.283 e. The number of hydrogen-bond acceptors (Lipinski definition) is 6. The van der Waals surface area contributed by atoms with Crippen LogP contribution < -0.4 is 0 Å². The van der Waals surface area contributed by atoms with Crippen LogP contribution in [-0.4, -0.2) is 32.7 Å². The number of halogens is 1. The van der Waals surface area contributed by atoms with Gasteiger partial charge in [-0.2, -0.15) is 9.39 Å². The van der Waals surface area contributed by atoms with Gasteiger partial charge in [0.1, 0.15) is 17.4 Å². The highest BCUT2D eigenvalue weighted by molar-refractivity contribution is 9.10. The summed E-state index contributed by atoms with van der Waals surface area (Å²) in [5.74, 6) is 1.61. The van der Waals surface area contributed by atoms with E-state index in [4.69, 9.17) is 9.83 Å². The Hall–Kier alpha value is -2.10. The van der Waals surface area contributed by atoms with Crippen LogP contribution in [-0.2, 0) is 4.79 Å². The van der Waals surface area contributed by atoms with E-state index in [-0.39, 0.29) is 11.4 Å². The standard InChI is InChI=1S/C18H13BrN4O2S2/c1-2-26-18-22-27-17-21-16(24)13(15(20)23(17)18)9-12-7-8-14(25-12)10-3-5-11(19)6-4-10/h3-9,20H,2H2,1H3/b13-9-,20-15?. The first-order valence-corrected chi connectivity index (χ1v) is 10.6. The average molecular weight is 461 g/mol. The molecule has 136 valence electrons. The number of nitrogens with zero attached hydrogens (tertiary/aromatic N) is 3. The van der Waals surface area contributed by atoms with Crippen LogP contribution in [0, 0.1) is 5.41 Å². The number of rotatable bonds is 3. The van der Waals surface area contributed by atoms with Gasteiger partial charge in [0.25, 0.3) is 5.91 Å². The Balaban J connectivity index is 1.64. The first-order chi connectivity index (χ1) is 13.1. The number of hydrogen-bond donors (Lipinski definition) is 1. The Morgan fingerprint density at radius 3 is 2.81 bits per heavy atom. The number of carbonyl (C=O) groups excluding carboxylic acids is 1. The van der Waals surface area contributed by atoms with Crippen LogP contribution in [0.15, 0.2) is 60.3 Å². The van der Waals surface area contributed by atoms with Crippen molar-refractivity contribution < 1.29 is 9.21 Å². The van der Waals surface area contributed by atoms with Gasteiger partial charge in [0.15, 0.2) is 5.17 Å². The molecule has 0 fully saturated rings. The first kappa shape index (κ1) is 18.3. The van der Waals surface area contributed by atoms with Crippen molar-refractivity contribution in [1.82, 2.24) is 4.90 Å². The van der Waals surface area contributed by atoms with Crippen LogP contribution in [0.5, 0.6) is 0 Å². The molecule has 6 nitrogen and oxygen atoms in total. The van der Waals surface area contributed by atoms with E-state index in [0.717, 1.165) is 27.7 Å². The average Bonchev–Trinajstić information content (AvgIpc) is 3.27. The number of fused-ring (bicyclic) bond motifs is 1. The maximum atomic E-state index is 12.4. The summed E-state index contributed by atoms with van der Waals surface area (Å²) in [4.78, 5) is 18.1. The quantitative estimate of drug-likeness (QED) is 0.512. The molecule has 0 saturated heterocycles. The van der Waals surface area contributed by atoms with Crippen molar-refractivity contribution in [2.45, 2.75) is 6.92 Å². The third kappa shape index (κ3) is 3.54. The largest absolute Gasteiger partial charge is 0.457 e. The van der Waals surface area contributed by atoms with Crippen molar-refractivity contribution in [1.29, 1.82) is 5.41 Å². The Morgan fingerprint density at radius 1 is 1.30 bits per heavy atom. The zero-order chi connectivity index (χ0) is 19.0. The lowest BCUT2D eigenvalue weighted by Gasteiger charge is -2.23. The Bertz CT molecular complexity index is 1020. The molecule has 0 aliphatic carbocycles. The van der Waals surface area contributed by atoms with E-state index >= 15 is 0 Å². The molecule has 3 heterocycles. The molecular weight excluding hydrogens is 448 g/mol. The molecule has 2 aromatic rings. The van der Waals surface area contributed by atoms with Gasteiger partial charge in [0, 0.05) is 10.0 Å². The maximum Gasteiger partial charge on any atom is 0.283 e. The number of benzene rings is 1. The molecule has 4 rings (SSSR count). The Kier molecular flexibility index (Phi) is 5.07. The van der Waals surface area contributed by atoms with Gasteiger partial charge in [-0.3, -0.25) is 10.2 Å². The molecule has 2 aliphatic heterocycles. The topological polar surface area (TPSA) is 82.0 Å². The SMILES string of the molecule is CCSC1=NSC2=NC(=O)/C(=C\c3ccc(-c4ccc(Br)cc4)o3)C(=N)N12. The zero-order valence-electron chi connectivity index (χ0n) is 14.1. The molecule has 1 amide bonds. The second-order valence-corrected chi connectivity index (χ2v) is 8.43. The van der Waals surface area contributed by atoms with Gasteiger partial charge in [-0.05, 0) is 36.1 Å². The summed E-state index contributed by atoms with van der Waals surface area (Å²) in [7, 11) is 0. The minimum absolute atomic E-state index is 0.0660. The molecule has 1 N–H and O–H groups in total. The first-order valence-electron chi connectivity index (χ1n) is 8.04. The summed E-state index contributed by atoms with van der Waals surface area (Å²) in [5, 5.41) is 9.55. The van der Waals surface area contributed by atoms with Crippen LogP contribution in [0.2, 0.25) is 0 Å². The number of aliphatic imine (C=N–C) groups is 1. The third-order valence-corrected chi connectivity index (χ3v) is 5.98. The van der Waals surface area contributed by atoms with E-state index in [1.54, 1.807) is 17.0 Å². The van der Waals surface area contributed by atoms with Crippen LogP contribution in [0.4, 0.5) is 0 Å². The summed E-state index contributed by atoms with van der Waals surface area (Å²) < 4.78 is 11.1. The monoisotopic (exact) mass is 460 g/mol. The van der Waals surface area contributed by atoms with Crippen molar-refractivity contribution in [3.05, 3.63) is 52.2 Å². The fraction of sp³-hybridized carbons (Fsp3) is 0.111. The van der Waals surface area contributed by atoms with Crippen LogP contribution >= 0.6 is 39.6 Å². The second kappa shape index (κ2) is 7.49. The van der Waals surface area contributed by atoms with Crippen molar-refractivity contribution in [3.8, 4) is 11.3 Å². The third-order valence-electron chi connectivity index (χ3n) is 3.81. The molecule has 0 atom stereocenters. The molecule has 9 heteroatoms. The molecule has 0 radical (unpaired) electrons. The van der Waals surface area contributed by atoms with Gasteiger partial charge in [0.2, 0.25) is 5.17 Å². The number of thioether (sulfide) groups is 1. The van der Waals surface area contributed by atoms with Crippen molar-refractivity contribution >= 4 is 67.8 Å². The number of amides is 1. The van der Waals surface area contributed by atoms with E-state index < -0.39 is 5.91 Å². The molecule has 2 aliphatic rings. The summed E-state index contributed by atoms with van der Waals surface area (Å²) in [6.45, 7) is 2.01.